The van der Waals surface area contributed by atoms with E-state index < -0.39 is 34.1 Å². The number of alkyl halides is 3. The van der Waals surface area contributed by atoms with Crippen molar-refractivity contribution in [3.05, 3.63) is 0 Å². The van der Waals surface area contributed by atoms with E-state index in [2.05, 4.69) is 4.72 Å². The van der Waals surface area contributed by atoms with Crippen LogP contribution in [0.3, 0.4) is 0 Å². The van der Waals surface area contributed by atoms with Crippen LogP contribution in [0.4, 0.5) is 13.2 Å². The number of rotatable bonds is 5. The van der Waals surface area contributed by atoms with Gasteiger partial charge in [0.15, 0.2) is 0 Å². The lowest BCUT2D eigenvalue weighted by Gasteiger charge is -2.33. The molecule has 0 aromatic heterocycles. The van der Waals surface area contributed by atoms with E-state index in [1.54, 1.807) is 0 Å². The molecular weight excluding hydrogens is 325 g/mol. The Bertz CT molecular complexity index is 463. The van der Waals surface area contributed by atoms with Gasteiger partial charge < -0.3 is 9.47 Å². The Balaban J connectivity index is 1.85. The standard InChI is InChI=1S/C12H21F3N2O4S/c1-20-10-6-21-7-11(10)22(18,19)16-9-2-4-17(5-3-9)8-12(13,14)15/h9-11,16H,2-8H2,1H3. The summed E-state index contributed by atoms with van der Waals surface area (Å²) in [6.45, 7) is -0.204. The largest absolute Gasteiger partial charge is 0.401 e. The maximum absolute atomic E-state index is 12.3. The summed E-state index contributed by atoms with van der Waals surface area (Å²) in [4.78, 5) is 1.29. The second-order valence-electron chi connectivity index (χ2n) is 5.68. The predicted molar refractivity (Wildman–Crippen MR) is 73.0 cm³/mol. The molecule has 0 aromatic rings. The first kappa shape index (κ1) is 17.9. The third-order valence-corrected chi connectivity index (χ3v) is 5.90. The molecule has 0 radical (unpaired) electrons. The Morgan fingerprint density at radius 3 is 2.45 bits per heavy atom. The third kappa shape index (κ3) is 4.79. The van der Waals surface area contributed by atoms with E-state index in [1.807, 2.05) is 0 Å². The highest BCUT2D eigenvalue weighted by molar-refractivity contribution is 7.90. The molecule has 2 fully saturated rings. The molecule has 10 heteroatoms. The molecule has 0 amide bonds. The minimum atomic E-state index is -4.22. The molecule has 2 atom stereocenters. The lowest BCUT2D eigenvalue weighted by Crippen LogP contribution is -2.50. The molecule has 130 valence electrons. The number of sulfonamides is 1. The second-order valence-corrected chi connectivity index (χ2v) is 7.61. The number of hydrogen-bond acceptors (Lipinski definition) is 5. The van der Waals surface area contributed by atoms with Crippen molar-refractivity contribution in [2.45, 2.75) is 36.4 Å². The van der Waals surface area contributed by atoms with Gasteiger partial charge in [-0.25, -0.2) is 13.1 Å². The van der Waals surface area contributed by atoms with E-state index in [-0.39, 0.29) is 32.3 Å². The molecule has 0 bridgehead atoms. The van der Waals surface area contributed by atoms with Gasteiger partial charge in [0.1, 0.15) is 11.4 Å². The first-order chi connectivity index (χ1) is 10.2. The van der Waals surface area contributed by atoms with Crippen molar-refractivity contribution in [2.75, 3.05) is 40.0 Å². The van der Waals surface area contributed by atoms with Crippen molar-refractivity contribution in [3.8, 4) is 0 Å². The summed E-state index contributed by atoms with van der Waals surface area (Å²) in [6.07, 6.45) is -4.01. The van der Waals surface area contributed by atoms with Crippen LogP contribution < -0.4 is 4.72 Å². The highest BCUT2D eigenvalue weighted by atomic mass is 32.2. The maximum Gasteiger partial charge on any atom is 0.401 e. The highest BCUT2D eigenvalue weighted by Crippen LogP contribution is 2.22. The highest BCUT2D eigenvalue weighted by Gasteiger charge is 2.40. The molecule has 1 N–H and O–H groups in total. The van der Waals surface area contributed by atoms with Crippen molar-refractivity contribution in [2.24, 2.45) is 0 Å². The van der Waals surface area contributed by atoms with Crippen molar-refractivity contribution < 1.29 is 31.1 Å². The van der Waals surface area contributed by atoms with Gasteiger partial charge in [-0.1, -0.05) is 0 Å². The normalized spacial score (nSPS) is 29.1. The van der Waals surface area contributed by atoms with E-state index in [4.69, 9.17) is 9.47 Å². The average Bonchev–Trinajstić information content (AvgIpc) is 2.88. The number of ether oxygens (including phenoxy) is 2. The van der Waals surface area contributed by atoms with Gasteiger partial charge in [-0.2, -0.15) is 13.2 Å². The van der Waals surface area contributed by atoms with Gasteiger partial charge in [0.25, 0.3) is 0 Å². The molecule has 2 rings (SSSR count). The van der Waals surface area contributed by atoms with Crippen LogP contribution in [0.5, 0.6) is 0 Å². The minimum Gasteiger partial charge on any atom is -0.378 e. The van der Waals surface area contributed by atoms with Gasteiger partial charge in [-0.3, -0.25) is 4.90 Å². The van der Waals surface area contributed by atoms with Gasteiger partial charge in [-0.15, -0.1) is 0 Å². The van der Waals surface area contributed by atoms with E-state index in [0.717, 1.165) is 0 Å². The first-order valence-electron chi connectivity index (χ1n) is 7.12. The first-order valence-corrected chi connectivity index (χ1v) is 8.66. The summed E-state index contributed by atoms with van der Waals surface area (Å²) in [5, 5.41) is -0.772. The Morgan fingerprint density at radius 2 is 1.91 bits per heavy atom. The average molecular weight is 346 g/mol. The Morgan fingerprint density at radius 1 is 1.27 bits per heavy atom. The molecule has 0 spiro atoms. The summed E-state index contributed by atoms with van der Waals surface area (Å²) in [7, 11) is -2.19. The van der Waals surface area contributed by atoms with Crippen molar-refractivity contribution >= 4 is 10.0 Å². The number of nitrogens with zero attached hydrogens (tertiary/aromatic N) is 1. The maximum atomic E-state index is 12.3. The summed E-state index contributed by atoms with van der Waals surface area (Å²) in [6, 6.07) is -0.340. The smallest absolute Gasteiger partial charge is 0.378 e. The minimum absolute atomic E-state index is 0.0702. The van der Waals surface area contributed by atoms with E-state index in [1.165, 1.54) is 12.0 Å². The zero-order valence-electron chi connectivity index (χ0n) is 12.3. The topological polar surface area (TPSA) is 67.9 Å². The van der Waals surface area contributed by atoms with E-state index >= 15 is 0 Å². The fourth-order valence-corrected chi connectivity index (χ4v) is 4.55. The number of hydrogen-bond donors (Lipinski definition) is 1. The Labute approximate surface area is 128 Å². The van der Waals surface area contributed by atoms with Crippen LogP contribution in [0.2, 0.25) is 0 Å². The van der Waals surface area contributed by atoms with Crippen LogP contribution in [0, 0.1) is 0 Å². The number of piperidine rings is 1. The molecule has 2 aliphatic heterocycles. The Kier molecular flexibility index (Phi) is 5.70. The van der Waals surface area contributed by atoms with Gasteiger partial charge in [0.05, 0.1) is 19.8 Å². The lowest BCUT2D eigenvalue weighted by atomic mass is 10.1. The lowest BCUT2D eigenvalue weighted by molar-refractivity contribution is -0.148. The molecular formula is C12H21F3N2O4S. The fourth-order valence-electron chi connectivity index (χ4n) is 2.81. The molecule has 2 saturated heterocycles. The van der Waals surface area contributed by atoms with Crippen molar-refractivity contribution in [1.82, 2.24) is 9.62 Å². The quantitative estimate of drug-likeness (QED) is 0.778. The zero-order valence-corrected chi connectivity index (χ0v) is 13.1. The van der Waals surface area contributed by atoms with Crippen LogP contribution in [-0.2, 0) is 19.5 Å². The summed E-state index contributed by atoms with van der Waals surface area (Å²) in [5.74, 6) is 0. The Hall–Kier alpha value is -0.420. The van der Waals surface area contributed by atoms with Gasteiger partial charge in [0, 0.05) is 13.2 Å². The molecule has 2 heterocycles. The molecule has 22 heavy (non-hydrogen) atoms. The second kappa shape index (κ2) is 7.00. The summed E-state index contributed by atoms with van der Waals surface area (Å²) >= 11 is 0. The van der Waals surface area contributed by atoms with Gasteiger partial charge >= 0.3 is 6.18 Å². The number of methoxy groups -OCH3 is 1. The predicted octanol–water partition coefficient (Wildman–Crippen LogP) is 0.346. The fraction of sp³-hybridized carbons (Fsp3) is 1.00. The van der Waals surface area contributed by atoms with Gasteiger partial charge in [-0.05, 0) is 25.9 Å². The van der Waals surface area contributed by atoms with Crippen LogP contribution >= 0.6 is 0 Å². The SMILES string of the molecule is COC1COCC1S(=O)(=O)NC1CCN(CC(F)(F)F)CC1. The monoisotopic (exact) mass is 346 g/mol. The molecule has 0 saturated carbocycles. The van der Waals surface area contributed by atoms with Gasteiger partial charge in [0.2, 0.25) is 10.0 Å². The number of halogens is 3. The van der Waals surface area contributed by atoms with Crippen molar-refractivity contribution in [1.29, 1.82) is 0 Å². The summed E-state index contributed by atoms with van der Waals surface area (Å²) in [5.41, 5.74) is 0. The number of nitrogens with one attached hydrogen (secondary N) is 1. The number of likely N-dealkylation sites (tertiary alicyclic amines) is 1. The molecule has 2 aliphatic rings. The van der Waals surface area contributed by atoms with Crippen LogP contribution in [0.1, 0.15) is 12.8 Å². The van der Waals surface area contributed by atoms with E-state index in [9.17, 15) is 21.6 Å². The molecule has 0 aromatic carbocycles. The van der Waals surface area contributed by atoms with E-state index in [0.29, 0.717) is 12.8 Å². The zero-order chi connectivity index (χ0) is 16.4. The van der Waals surface area contributed by atoms with Crippen LogP contribution in [0.25, 0.3) is 0 Å². The third-order valence-electron chi connectivity index (χ3n) is 4.00. The van der Waals surface area contributed by atoms with Crippen molar-refractivity contribution in [3.63, 3.8) is 0 Å². The van der Waals surface area contributed by atoms with Crippen LogP contribution in [0.15, 0.2) is 0 Å². The molecule has 2 unspecified atom stereocenters. The summed E-state index contributed by atoms with van der Waals surface area (Å²) < 4.78 is 74.4. The molecule has 0 aliphatic carbocycles. The van der Waals surface area contributed by atoms with Crippen LogP contribution in [-0.4, -0.2) is 76.8 Å². The molecule has 6 nitrogen and oxygen atoms in total.